The molecule has 0 aliphatic carbocycles. The van der Waals surface area contributed by atoms with E-state index in [2.05, 4.69) is 22.0 Å². The number of hydrogen-bond acceptors (Lipinski definition) is 3. The standard InChI is InChI=1S/C16H23ClFN3/c1-2-19-15(10-12-9-13(17)3-4-14(12)18)16-11-20-5-7-21(16)8-6-20/h3-4,9,15-16,19H,2,5-8,10-11H2,1H3. The lowest BCUT2D eigenvalue weighted by molar-refractivity contribution is -0.00299. The van der Waals surface area contributed by atoms with Crippen molar-refractivity contribution in [2.75, 3.05) is 39.3 Å². The summed E-state index contributed by atoms with van der Waals surface area (Å²) in [6.45, 7) is 8.69. The van der Waals surface area contributed by atoms with E-state index in [-0.39, 0.29) is 11.9 Å². The largest absolute Gasteiger partial charge is 0.312 e. The van der Waals surface area contributed by atoms with Crippen LogP contribution in [0.15, 0.2) is 18.2 Å². The Hall–Kier alpha value is -0.680. The molecule has 0 spiro atoms. The Morgan fingerprint density at radius 1 is 1.33 bits per heavy atom. The Kier molecular flexibility index (Phi) is 4.79. The third-order valence-electron chi connectivity index (χ3n) is 4.70. The van der Waals surface area contributed by atoms with Crippen molar-refractivity contribution < 1.29 is 4.39 Å². The van der Waals surface area contributed by atoms with Crippen LogP contribution in [0.25, 0.3) is 0 Å². The highest BCUT2D eigenvalue weighted by Crippen LogP contribution is 2.22. The zero-order valence-electron chi connectivity index (χ0n) is 12.5. The van der Waals surface area contributed by atoms with Crippen LogP contribution in [0, 0.1) is 5.82 Å². The Balaban J connectivity index is 1.76. The van der Waals surface area contributed by atoms with E-state index in [9.17, 15) is 4.39 Å². The van der Waals surface area contributed by atoms with Gasteiger partial charge < -0.3 is 5.32 Å². The zero-order valence-corrected chi connectivity index (χ0v) is 13.2. The van der Waals surface area contributed by atoms with Crippen molar-refractivity contribution in [1.82, 2.24) is 15.1 Å². The van der Waals surface area contributed by atoms with E-state index in [1.54, 1.807) is 12.1 Å². The molecule has 0 amide bonds. The van der Waals surface area contributed by atoms with E-state index in [4.69, 9.17) is 11.6 Å². The first-order chi connectivity index (χ1) is 10.2. The Bertz CT molecular complexity index is 488. The van der Waals surface area contributed by atoms with E-state index in [0.29, 0.717) is 23.0 Å². The summed E-state index contributed by atoms with van der Waals surface area (Å²) in [5.74, 6) is -0.154. The van der Waals surface area contributed by atoms with Crippen LogP contribution in [0.4, 0.5) is 4.39 Å². The maximum atomic E-state index is 14.0. The molecule has 1 aromatic carbocycles. The maximum Gasteiger partial charge on any atom is 0.126 e. The third-order valence-corrected chi connectivity index (χ3v) is 4.93. The van der Waals surface area contributed by atoms with Crippen LogP contribution in [0.5, 0.6) is 0 Å². The Labute approximate surface area is 131 Å². The summed E-state index contributed by atoms with van der Waals surface area (Å²) in [6, 6.07) is 5.58. The molecule has 0 aromatic heterocycles. The van der Waals surface area contributed by atoms with E-state index in [1.165, 1.54) is 19.2 Å². The Morgan fingerprint density at radius 3 is 2.71 bits per heavy atom. The summed E-state index contributed by atoms with van der Waals surface area (Å²) in [4.78, 5) is 5.07. The molecule has 3 nitrogen and oxygen atoms in total. The molecule has 0 saturated carbocycles. The lowest BCUT2D eigenvalue weighted by atomic mass is 9.94. The van der Waals surface area contributed by atoms with Gasteiger partial charge in [0.2, 0.25) is 0 Å². The fourth-order valence-electron chi connectivity index (χ4n) is 3.58. The van der Waals surface area contributed by atoms with Crippen LogP contribution in [0.1, 0.15) is 12.5 Å². The van der Waals surface area contributed by atoms with Crippen molar-refractivity contribution in [3.63, 3.8) is 0 Å². The van der Waals surface area contributed by atoms with Crippen molar-refractivity contribution in [2.24, 2.45) is 0 Å². The molecule has 21 heavy (non-hydrogen) atoms. The molecule has 3 aliphatic heterocycles. The van der Waals surface area contributed by atoms with Crippen molar-refractivity contribution in [3.05, 3.63) is 34.6 Å². The third kappa shape index (κ3) is 3.39. The Morgan fingerprint density at radius 2 is 2.10 bits per heavy atom. The first kappa shape index (κ1) is 15.2. The molecule has 3 saturated heterocycles. The van der Waals surface area contributed by atoms with Crippen molar-refractivity contribution in [3.8, 4) is 0 Å². The lowest BCUT2D eigenvalue weighted by Gasteiger charge is -2.50. The fraction of sp³-hybridized carbons (Fsp3) is 0.625. The molecule has 116 valence electrons. The molecule has 3 fully saturated rings. The molecule has 0 radical (unpaired) electrons. The number of hydrogen-bond donors (Lipinski definition) is 1. The highest BCUT2D eigenvalue weighted by Gasteiger charge is 2.36. The molecule has 3 aliphatic rings. The second-order valence-corrected chi connectivity index (χ2v) is 6.44. The van der Waals surface area contributed by atoms with Crippen molar-refractivity contribution in [1.29, 1.82) is 0 Å². The van der Waals surface area contributed by atoms with Gasteiger partial charge in [-0.3, -0.25) is 9.80 Å². The molecule has 1 aromatic rings. The van der Waals surface area contributed by atoms with Crippen LogP contribution in [0.2, 0.25) is 5.02 Å². The molecule has 5 heteroatoms. The van der Waals surface area contributed by atoms with Gasteiger partial charge in [0.05, 0.1) is 0 Å². The molecule has 3 heterocycles. The number of likely N-dealkylation sites (N-methyl/N-ethyl adjacent to an activating group) is 1. The minimum atomic E-state index is -0.154. The van der Waals surface area contributed by atoms with Gasteiger partial charge in [0.25, 0.3) is 0 Å². The number of nitrogens with one attached hydrogen (secondary N) is 1. The number of nitrogens with zero attached hydrogens (tertiary/aromatic N) is 2. The van der Waals surface area contributed by atoms with Gasteiger partial charge in [-0.15, -0.1) is 0 Å². The zero-order chi connectivity index (χ0) is 14.8. The van der Waals surface area contributed by atoms with Gasteiger partial charge in [0, 0.05) is 49.8 Å². The quantitative estimate of drug-likeness (QED) is 0.897. The maximum absolute atomic E-state index is 14.0. The first-order valence-electron chi connectivity index (χ1n) is 7.81. The smallest absolute Gasteiger partial charge is 0.126 e. The highest BCUT2D eigenvalue weighted by atomic mass is 35.5. The molecule has 2 bridgehead atoms. The van der Waals surface area contributed by atoms with Crippen LogP contribution in [-0.4, -0.2) is 61.2 Å². The number of piperazine rings is 3. The fourth-order valence-corrected chi connectivity index (χ4v) is 3.78. The van der Waals surface area contributed by atoms with Crippen LogP contribution in [-0.2, 0) is 6.42 Å². The molecule has 4 rings (SSSR count). The summed E-state index contributed by atoms with van der Waals surface area (Å²) < 4.78 is 14.0. The average Bonchev–Trinajstić information content (AvgIpc) is 2.51. The second-order valence-electron chi connectivity index (χ2n) is 6.01. The predicted molar refractivity (Wildman–Crippen MR) is 84.4 cm³/mol. The van der Waals surface area contributed by atoms with Crippen LogP contribution >= 0.6 is 11.6 Å². The average molecular weight is 312 g/mol. The monoisotopic (exact) mass is 311 g/mol. The lowest BCUT2D eigenvalue weighted by Crippen LogP contribution is -2.66. The van der Waals surface area contributed by atoms with Gasteiger partial charge >= 0.3 is 0 Å². The van der Waals surface area contributed by atoms with Crippen molar-refractivity contribution >= 4 is 11.6 Å². The first-order valence-corrected chi connectivity index (χ1v) is 8.19. The molecular weight excluding hydrogens is 289 g/mol. The number of halogens is 2. The SMILES string of the molecule is CCNC(Cc1cc(Cl)ccc1F)C1CN2CCN1CC2. The van der Waals surface area contributed by atoms with Gasteiger partial charge in [-0.2, -0.15) is 0 Å². The number of rotatable bonds is 5. The van der Waals surface area contributed by atoms with Gasteiger partial charge in [-0.25, -0.2) is 4.39 Å². The molecule has 1 N–H and O–H groups in total. The van der Waals surface area contributed by atoms with Crippen LogP contribution in [0.3, 0.4) is 0 Å². The van der Waals surface area contributed by atoms with E-state index >= 15 is 0 Å². The van der Waals surface area contributed by atoms with E-state index in [1.807, 2.05) is 0 Å². The molecular formula is C16H23ClFN3. The molecule has 2 unspecified atom stereocenters. The normalized spacial score (nSPS) is 29.6. The van der Waals surface area contributed by atoms with Gasteiger partial charge in [0.1, 0.15) is 5.82 Å². The van der Waals surface area contributed by atoms with E-state index < -0.39 is 0 Å². The highest BCUT2D eigenvalue weighted by molar-refractivity contribution is 6.30. The summed E-state index contributed by atoms with van der Waals surface area (Å²) >= 11 is 6.02. The van der Waals surface area contributed by atoms with Gasteiger partial charge in [-0.1, -0.05) is 18.5 Å². The summed E-state index contributed by atoms with van der Waals surface area (Å²) in [5, 5.41) is 4.16. The van der Waals surface area contributed by atoms with E-state index in [0.717, 1.165) is 26.2 Å². The van der Waals surface area contributed by atoms with Crippen molar-refractivity contribution in [2.45, 2.75) is 25.4 Å². The second kappa shape index (κ2) is 6.61. The minimum absolute atomic E-state index is 0.154. The molecule has 2 atom stereocenters. The summed E-state index contributed by atoms with van der Waals surface area (Å²) in [5.41, 5.74) is 0.714. The van der Waals surface area contributed by atoms with Gasteiger partial charge in [0.15, 0.2) is 0 Å². The topological polar surface area (TPSA) is 18.5 Å². The summed E-state index contributed by atoms with van der Waals surface area (Å²) in [7, 11) is 0. The number of fused-ring (bicyclic) bond motifs is 3. The minimum Gasteiger partial charge on any atom is -0.312 e. The summed E-state index contributed by atoms with van der Waals surface area (Å²) in [6.07, 6.45) is 0.690. The predicted octanol–water partition coefficient (Wildman–Crippen LogP) is 2.00. The van der Waals surface area contributed by atoms with Crippen LogP contribution < -0.4 is 5.32 Å². The number of benzene rings is 1. The van der Waals surface area contributed by atoms with Gasteiger partial charge in [-0.05, 0) is 36.7 Å².